The Morgan fingerprint density at radius 3 is 1.60 bits per heavy atom. The molecule has 0 saturated carbocycles. The van der Waals surface area contributed by atoms with Crippen molar-refractivity contribution in [2.75, 3.05) is 80.2 Å². The number of benzene rings is 3. The Kier molecular flexibility index (Phi) is 17.3. The number of hydrogen-bond donors (Lipinski definition) is 1. The lowest BCUT2D eigenvalue weighted by atomic mass is 9.89. The zero-order valence-electron chi connectivity index (χ0n) is 42.6. The summed E-state index contributed by atoms with van der Waals surface area (Å²) in [7, 11) is 3.07. The SMILES string of the molecule is C/C=C1\C[C@H]2C=Nc3cc(OCc4cc5cc(COc6cc7c(cc6OC)C(=O)N6C/C(=C/C)C[C@H]6C=N7)c4C(COCCOCCOCCOCCC(=O)O)N(C(C)=O)SC5(C)C)c(OC)cc3C(=O)N2C1. The maximum absolute atomic E-state index is 13.9. The minimum absolute atomic E-state index is 0.0324. The first-order valence-corrected chi connectivity index (χ1v) is 25.4. The van der Waals surface area contributed by atoms with Gasteiger partial charge in [0.05, 0.1) is 119 Å². The molecule has 0 aliphatic carbocycles. The number of carboxylic acid groups (broad SMARTS) is 1. The van der Waals surface area contributed by atoms with Gasteiger partial charge in [-0.3, -0.25) is 33.5 Å². The third-order valence-corrected chi connectivity index (χ3v) is 14.9. The van der Waals surface area contributed by atoms with Crippen molar-refractivity contribution in [2.45, 2.75) is 90.0 Å². The molecular weight excluding hydrogens is 959 g/mol. The van der Waals surface area contributed by atoms with Crippen LogP contribution in [0.25, 0.3) is 0 Å². The molecule has 3 aromatic carbocycles. The summed E-state index contributed by atoms with van der Waals surface area (Å²) in [6.07, 6.45) is 9.14. The zero-order chi connectivity index (χ0) is 51.8. The van der Waals surface area contributed by atoms with E-state index in [4.69, 9.17) is 53.0 Å². The van der Waals surface area contributed by atoms with E-state index in [1.54, 1.807) is 28.6 Å². The van der Waals surface area contributed by atoms with E-state index in [-0.39, 0.29) is 82.5 Å². The molecule has 3 aromatic rings. The molecule has 18 nitrogen and oxygen atoms in total. The third-order valence-electron chi connectivity index (χ3n) is 13.5. The highest BCUT2D eigenvalue weighted by Gasteiger charge is 2.40. The predicted octanol–water partition coefficient (Wildman–Crippen LogP) is 7.94. The Hall–Kier alpha value is -6.25. The highest BCUT2D eigenvalue weighted by molar-refractivity contribution is 7.98. The van der Waals surface area contributed by atoms with Crippen LogP contribution in [0.5, 0.6) is 23.0 Å². The van der Waals surface area contributed by atoms with Crippen LogP contribution in [0.4, 0.5) is 11.4 Å². The van der Waals surface area contributed by atoms with Crippen LogP contribution >= 0.6 is 11.9 Å². The number of carbonyl (C=O) groups is 4. The fraction of sp³-hybridized carbons (Fsp3) is 0.481. The van der Waals surface area contributed by atoms with Crippen LogP contribution in [0, 0.1) is 0 Å². The summed E-state index contributed by atoms with van der Waals surface area (Å²) < 4.78 is 49.2. The van der Waals surface area contributed by atoms with Crippen molar-refractivity contribution < 1.29 is 62.2 Å². The minimum atomic E-state index is -0.917. The van der Waals surface area contributed by atoms with Crippen molar-refractivity contribution in [1.29, 1.82) is 0 Å². The maximum Gasteiger partial charge on any atom is 0.305 e. The molecule has 2 saturated heterocycles. The summed E-state index contributed by atoms with van der Waals surface area (Å²) in [5.74, 6) is 0.160. The Labute approximate surface area is 430 Å². The molecule has 0 spiro atoms. The molecule has 1 N–H and O–H groups in total. The number of rotatable bonds is 22. The van der Waals surface area contributed by atoms with Gasteiger partial charge >= 0.3 is 5.97 Å². The van der Waals surface area contributed by atoms with E-state index in [1.165, 1.54) is 44.2 Å². The topological polar surface area (TPSA) is 197 Å². The molecule has 2 fully saturated rings. The summed E-state index contributed by atoms with van der Waals surface area (Å²) in [6.45, 7) is 12.6. The summed E-state index contributed by atoms with van der Waals surface area (Å²) in [5, 5.41) is 8.77. The lowest BCUT2D eigenvalue weighted by Crippen LogP contribution is -2.38. The Morgan fingerprint density at radius 2 is 1.16 bits per heavy atom. The molecule has 73 heavy (non-hydrogen) atoms. The van der Waals surface area contributed by atoms with Gasteiger partial charge in [-0.2, -0.15) is 0 Å². The molecule has 0 aromatic heterocycles. The molecule has 9 rings (SSSR count). The van der Waals surface area contributed by atoms with Crippen LogP contribution in [-0.4, -0.2) is 148 Å². The highest BCUT2D eigenvalue weighted by Crippen LogP contribution is 2.49. The number of fused-ring (bicyclic) bond motifs is 9. The molecule has 19 heteroatoms. The molecule has 3 atom stereocenters. The number of ether oxygens (including phenoxy) is 8. The van der Waals surface area contributed by atoms with Gasteiger partial charge in [0.15, 0.2) is 23.0 Å². The van der Waals surface area contributed by atoms with E-state index in [1.807, 2.05) is 36.1 Å². The maximum atomic E-state index is 13.9. The number of amides is 3. The molecule has 6 aliphatic heterocycles. The standard InChI is InChI=1S/C54H65N5O13S/c1-8-34-18-39-26-55-43-24-48(46(65-6)22-41(43)52(63)57(39)28-34)71-30-36-20-38-21-37(31-72-49-25-44-42(23-47(49)66-7)53(64)58-29-35(9-2)19-40(58)27-56-44)51(36)45(59(33(3)60)73-54(38,4)5)32-70-17-16-69-15-14-68-13-12-67-11-10-50(61)62/h8-9,20-27,39-40,45H,10-19,28-32H2,1-7H3,(H,61,62)/b34-8+,35-9+/t39-,40-,45?/m0/s1. The molecule has 6 aliphatic rings. The van der Waals surface area contributed by atoms with Gasteiger partial charge in [0.1, 0.15) is 13.2 Å². The second kappa shape index (κ2) is 23.7. The number of methoxy groups -OCH3 is 2. The van der Waals surface area contributed by atoms with Crippen molar-refractivity contribution in [3.05, 3.63) is 93.1 Å². The lowest BCUT2D eigenvalue weighted by Gasteiger charge is -2.41. The zero-order valence-corrected chi connectivity index (χ0v) is 43.4. The van der Waals surface area contributed by atoms with Crippen LogP contribution in [0.3, 0.4) is 0 Å². The lowest BCUT2D eigenvalue weighted by molar-refractivity contribution is -0.138. The highest BCUT2D eigenvalue weighted by atomic mass is 32.2. The van der Waals surface area contributed by atoms with Gasteiger partial charge in [-0.1, -0.05) is 35.4 Å². The van der Waals surface area contributed by atoms with Crippen molar-refractivity contribution in [3.63, 3.8) is 0 Å². The van der Waals surface area contributed by atoms with E-state index in [0.717, 1.165) is 35.1 Å². The second-order valence-electron chi connectivity index (χ2n) is 18.7. The van der Waals surface area contributed by atoms with Gasteiger partial charge < -0.3 is 52.8 Å². The normalized spacial score (nSPS) is 20.6. The average Bonchev–Trinajstić information content (AvgIpc) is 3.95. The average molecular weight is 1020 g/mol. The number of aliphatic carboxylic acids is 1. The van der Waals surface area contributed by atoms with E-state index < -0.39 is 16.8 Å². The van der Waals surface area contributed by atoms with E-state index >= 15 is 0 Å². The first-order chi connectivity index (χ1) is 35.2. The number of aliphatic imine (C=N–C) groups is 2. The van der Waals surface area contributed by atoms with Crippen LogP contribution < -0.4 is 18.9 Å². The van der Waals surface area contributed by atoms with Gasteiger partial charge in [-0.15, -0.1) is 0 Å². The molecule has 2 bridgehead atoms. The Morgan fingerprint density at radius 1 is 0.699 bits per heavy atom. The fourth-order valence-electron chi connectivity index (χ4n) is 9.56. The molecular formula is C54H65N5O13S. The fourth-order valence-corrected chi connectivity index (χ4v) is 10.7. The summed E-state index contributed by atoms with van der Waals surface area (Å²) in [4.78, 5) is 65.6. The first-order valence-electron chi connectivity index (χ1n) is 24.6. The third kappa shape index (κ3) is 12.1. The number of nitrogens with zero attached hydrogens (tertiary/aromatic N) is 5. The number of hydrogen-bond acceptors (Lipinski definition) is 15. The van der Waals surface area contributed by atoms with Crippen LogP contribution in [0.15, 0.2) is 69.7 Å². The van der Waals surface area contributed by atoms with Crippen molar-refractivity contribution in [1.82, 2.24) is 14.1 Å². The van der Waals surface area contributed by atoms with E-state index in [2.05, 4.69) is 38.1 Å². The van der Waals surface area contributed by atoms with Crippen LogP contribution in [0.1, 0.15) is 103 Å². The van der Waals surface area contributed by atoms with Gasteiger partial charge in [-0.25, -0.2) is 0 Å². The molecule has 1 unspecified atom stereocenters. The monoisotopic (exact) mass is 1020 g/mol. The first kappa shape index (κ1) is 53.1. The predicted molar refractivity (Wildman–Crippen MR) is 275 cm³/mol. The van der Waals surface area contributed by atoms with Crippen LogP contribution in [-0.2, 0) is 46.5 Å². The smallest absolute Gasteiger partial charge is 0.305 e. The van der Waals surface area contributed by atoms with E-state index in [9.17, 15) is 19.2 Å². The summed E-state index contributed by atoms with van der Waals surface area (Å²) >= 11 is 1.42. The summed E-state index contributed by atoms with van der Waals surface area (Å²) in [5.41, 5.74) is 7.38. The number of carboxylic acids is 1. The number of carbonyl (C=O) groups excluding carboxylic acids is 3. The van der Waals surface area contributed by atoms with Crippen LogP contribution in [0.2, 0.25) is 0 Å². The molecule has 0 radical (unpaired) electrons. The molecule has 390 valence electrons. The van der Waals surface area contributed by atoms with Gasteiger partial charge in [-0.05, 0) is 86.9 Å². The number of allylic oxidation sites excluding steroid dienone is 2. The van der Waals surface area contributed by atoms with Gasteiger partial charge in [0.2, 0.25) is 5.91 Å². The van der Waals surface area contributed by atoms with Crippen molar-refractivity contribution in [2.24, 2.45) is 9.98 Å². The second-order valence-corrected chi connectivity index (χ2v) is 20.3. The minimum Gasteiger partial charge on any atom is -0.493 e. The largest absolute Gasteiger partial charge is 0.493 e. The van der Waals surface area contributed by atoms with Crippen molar-refractivity contribution in [3.8, 4) is 23.0 Å². The quantitative estimate of drug-likeness (QED) is 0.0578. The summed E-state index contributed by atoms with van der Waals surface area (Å²) in [6, 6.07) is 10.1. The Bertz CT molecular complexity index is 2560. The van der Waals surface area contributed by atoms with Gasteiger partial charge in [0.25, 0.3) is 11.8 Å². The van der Waals surface area contributed by atoms with Crippen molar-refractivity contribution >= 4 is 59.4 Å². The molecule has 6 heterocycles. The Balaban J connectivity index is 1.08. The van der Waals surface area contributed by atoms with Gasteiger partial charge in [0, 0.05) is 44.6 Å². The molecule has 3 amide bonds. The van der Waals surface area contributed by atoms with E-state index in [0.29, 0.717) is 78.4 Å².